The fourth-order valence-electron chi connectivity index (χ4n) is 14.8. The number of carboxylic acids is 2. The van der Waals surface area contributed by atoms with Gasteiger partial charge in [0.25, 0.3) is 0 Å². The van der Waals surface area contributed by atoms with Crippen LogP contribution in [0.1, 0.15) is 185 Å². The van der Waals surface area contributed by atoms with Crippen molar-refractivity contribution in [2.45, 2.75) is 163 Å². The number of thiazole rings is 2. The molecule has 0 fully saturated rings. The van der Waals surface area contributed by atoms with Gasteiger partial charge in [0.2, 0.25) is 6.29 Å². The van der Waals surface area contributed by atoms with Crippen LogP contribution >= 0.6 is 131 Å². The topological polar surface area (TPSA) is 396 Å². The minimum absolute atomic E-state index is 0.0682. The monoisotopic (exact) mass is 2170 g/mol. The van der Waals surface area contributed by atoms with Crippen LogP contribution in [0.4, 0.5) is 39.0 Å². The predicted octanol–water partition coefficient (Wildman–Crippen LogP) is 22.5. The summed E-state index contributed by atoms with van der Waals surface area (Å²) in [6, 6.07) is 41.6. The normalized spacial score (nSPS) is 15.3. The molecule has 9 aromatic rings. The molecule has 0 aliphatic carbocycles. The van der Waals surface area contributed by atoms with Crippen molar-refractivity contribution in [1.29, 1.82) is 0 Å². The van der Waals surface area contributed by atoms with E-state index in [1.165, 1.54) is 38.3 Å². The van der Waals surface area contributed by atoms with Crippen LogP contribution in [0.5, 0.6) is 0 Å². The number of ether oxygens (including phenoxy) is 6. The lowest BCUT2D eigenvalue weighted by Crippen LogP contribution is -2.44. The van der Waals surface area contributed by atoms with Crippen molar-refractivity contribution in [3.8, 4) is 0 Å². The number of ketones is 2. The highest BCUT2D eigenvalue weighted by atomic mass is 79.9. The van der Waals surface area contributed by atoms with E-state index < -0.39 is 53.8 Å². The van der Waals surface area contributed by atoms with E-state index in [0.717, 1.165) is 108 Å². The zero-order chi connectivity index (χ0) is 103. The number of nitrogens with zero attached hydrogens (tertiary/aromatic N) is 6. The molecule has 0 radical (unpaired) electrons. The number of halogens is 9. The Hall–Kier alpha value is -10.1. The number of Topliss-reactive ketones (excluding diaryl/α,β-unsaturated/α-hetero) is 2. The highest BCUT2D eigenvalue weighted by molar-refractivity contribution is 9.09. The maximum atomic E-state index is 12.5. The number of hydrogen-bond acceptors (Lipinski definition) is 25. The molecule has 0 spiro atoms. The van der Waals surface area contributed by atoms with E-state index in [9.17, 15) is 48.3 Å². The van der Waals surface area contributed by atoms with Gasteiger partial charge in [0.05, 0.1) is 62.4 Å². The van der Waals surface area contributed by atoms with Crippen molar-refractivity contribution in [2.24, 2.45) is 5.73 Å². The molecule has 752 valence electrons. The summed E-state index contributed by atoms with van der Waals surface area (Å²) in [4.78, 5) is 138. The zero-order valence-corrected chi connectivity index (χ0v) is 88.0. The van der Waals surface area contributed by atoms with Gasteiger partial charge in [-0.05, 0) is 279 Å². The second-order valence-electron chi connectivity index (χ2n) is 31.2. The molecule has 0 saturated heterocycles. The molecule has 5 aliphatic rings. The summed E-state index contributed by atoms with van der Waals surface area (Å²) < 4.78 is 29.1. The van der Waals surface area contributed by atoms with Gasteiger partial charge >= 0.3 is 47.8 Å². The number of fused-ring (bicyclic) bond motifs is 5. The second-order valence-corrected chi connectivity index (χ2v) is 36.8. The van der Waals surface area contributed by atoms with E-state index in [-0.39, 0.29) is 60.7 Å². The van der Waals surface area contributed by atoms with Gasteiger partial charge in [-0.25, -0.2) is 48.3 Å². The van der Waals surface area contributed by atoms with Crippen molar-refractivity contribution in [3.63, 3.8) is 0 Å². The number of alkyl carbamates (subject to hydrolysis) is 1. The Balaban J connectivity index is 0.000000246. The van der Waals surface area contributed by atoms with E-state index in [0.29, 0.717) is 128 Å². The average Bonchev–Trinajstić information content (AvgIpc) is 1.73. The summed E-state index contributed by atoms with van der Waals surface area (Å²) in [7, 11) is 0. The van der Waals surface area contributed by atoms with Gasteiger partial charge in [-0.1, -0.05) is 152 Å². The van der Waals surface area contributed by atoms with E-state index >= 15 is 0 Å². The third-order valence-electron chi connectivity index (χ3n) is 20.5. The van der Waals surface area contributed by atoms with Crippen LogP contribution in [0.3, 0.4) is 0 Å². The molecule has 14 rings (SSSR count). The first-order chi connectivity index (χ1) is 66.4. The van der Waals surface area contributed by atoms with Gasteiger partial charge in [-0.3, -0.25) is 34.0 Å². The number of alkyl halides is 1. The highest BCUT2D eigenvalue weighted by Crippen LogP contribution is 2.41. The number of benzene rings is 7. The second kappa shape index (κ2) is 61.6. The fraction of sp³-hybridized carbons (Fsp3) is 0.398. The molecule has 7 heterocycles. The summed E-state index contributed by atoms with van der Waals surface area (Å²) in [6.07, 6.45) is 3.00. The Morgan fingerprint density at radius 3 is 1.23 bits per heavy atom. The lowest BCUT2D eigenvalue weighted by molar-refractivity contribution is -0.143. The third-order valence-corrected chi connectivity index (χ3v) is 24.4. The van der Waals surface area contributed by atoms with Crippen LogP contribution in [-0.4, -0.2) is 208 Å². The van der Waals surface area contributed by atoms with E-state index in [4.69, 9.17) is 147 Å². The number of amides is 5. The van der Waals surface area contributed by atoms with Crippen LogP contribution in [-0.2, 0) is 97.3 Å². The van der Waals surface area contributed by atoms with Crippen molar-refractivity contribution in [2.75, 3.05) is 101 Å². The first-order valence-corrected chi connectivity index (χ1v) is 50.5. The van der Waals surface area contributed by atoms with Crippen LogP contribution in [0.25, 0.3) is 0 Å². The quantitative estimate of drug-likeness (QED) is 0.0109. The standard InChI is InChI=1S/C18H22ClN3O2S.C15H18ClN3S.C14H15BrClNO3.C14H16ClNO3.C13H14ClNO4.C11H14ClNO2.C8H10ClN.C3H5ClO2.C2H2O3/c1-4-24-18(23)22-8-7-12-9-13(19)5-6-14(12)16(22)15-10-25-17(21-15)20-11(2)3;1-9(2)18-15-19-13(8-20-15)14-12-4-3-11(16)7-10(12)5-6-17-14;1-2-20-14(19)17-6-5-9-7-10(16)3-4-11(9)13(17)12(18)8-15;1-3-19-14(18)16-7-6-10-8-11(15)4-5-12(10)13(16)9(2)17;1-2-19-13(18)15-6-5-8-7-9(14)3-4-10(8)11(15)12(16)17;1-2-15-11(14)13-7-6-9-4-3-5-10(12)8-9;9-8-3-1-2-7(6-8)4-5-10;1-2-6-3(4)5;3-1-2(4)5/h5-6,9-11,16H,4,7-8H2,1-3H3,(H,20,21);3-4,7-9,14,17H,5-6H2,1-2H3,(H,18,19);3-4,7,13H,2,5-6,8H2,1H3;4-5,8,13H,3,6-7H2,1-2H3;3-4,7,11H,2,5-6H2,1H3,(H,16,17);3-5,8H,2,6-7H2,1H3,(H,13,14);1-3,6H,4-5,10H2;2H2,1H3;1H,(H,4,5). The number of rotatable bonds is 22. The highest BCUT2D eigenvalue weighted by Gasteiger charge is 2.40. The summed E-state index contributed by atoms with van der Waals surface area (Å²) in [6.45, 7) is 26.3. The first-order valence-electron chi connectivity index (χ1n) is 44.6. The molecular formula is C98H116BrCl8N11O19S2. The average molecular weight is 2180 g/mol. The summed E-state index contributed by atoms with van der Waals surface area (Å²) >= 11 is 52.8. The molecule has 2 aromatic heterocycles. The fourth-order valence-corrected chi connectivity index (χ4v) is 18.4. The molecular weight excluding hydrogens is 2060 g/mol. The number of aromatic nitrogens is 2. The van der Waals surface area contributed by atoms with E-state index in [2.05, 4.69) is 87.1 Å². The smallest absolute Gasteiger partial charge is 0.410 e. The number of aliphatic carboxylic acids is 2. The predicted molar refractivity (Wildman–Crippen MR) is 550 cm³/mol. The molecule has 7 aromatic carbocycles. The minimum Gasteiger partial charge on any atom is -0.479 e. The van der Waals surface area contributed by atoms with Gasteiger partial charge in [-0.2, -0.15) is 0 Å². The van der Waals surface area contributed by atoms with Crippen molar-refractivity contribution < 1.29 is 91.4 Å². The van der Waals surface area contributed by atoms with Gasteiger partial charge in [-0.15, -0.1) is 22.7 Å². The molecule has 139 heavy (non-hydrogen) atoms. The number of carbonyl (C=O) groups excluding carboxylic acids is 9. The van der Waals surface area contributed by atoms with E-state index in [1.807, 2.05) is 109 Å². The van der Waals surface area contributed by atoms with Crippen LogP contribution in [0, 0.1) is 0 Å². The Kier molecular flexibility index (Phi) is 52.1. The number of nitrogens with two attached hydrogens (primary N) is 1. The van der Waals surface area contributed by atoms with Gasteiger partial charge in [0.15, 0.2) is 27.9 Å². The molecule has 5 aliphatic heterocycles. The minimum atomic E-state index is -1.43. The zero-order valence-electron chi connectivity index (χ0n) is 78.7. The number of aldehydes is 1. The Bertz CT molecular complexity index is 5480. The van der Waals surface area contributed by atoms with Gasteiger partial charge < -0.3 is 65.6 Å². The lowest BCUT2D eigenvalue weighted by atomic mass is 9.91. The third kappa shape index (κ3) is 38.4. The number of nitrogens with one attached hydrogen (secondary N) is 4. The van der Waals surface area contributed by atoms with Crippen molar-refractivity contribution in [3.05, 3.63) is 264 Å². The Morgan fingerprint density at radius 1 is 0.482 bits per heavy atom. The summed E-state index contributed by atoms with van der Waals surface area (Å²) in [5, 5.41) is 40.6. The maximum absolute atomic E-state index is 12.5. The van der Waals surface area contributed by atoms with Crippen LogP contribution in [0.15, 0.2) is 150 Å². The first kappa shape index (κ1) is 118. The molecule has 0 saturated carbocycles. The number of hydrogen-bond donors (Lipinski definition) is 7. The molecule has 8 N–H and O–H groups in total. The number of carbonyl (C=O) groups is 11. The summed E-state index contributed by atoms with van der Waals surface area (Å²) in [5.74, 6) is -2.64. The number of carboxylic acid groups (broad SMARTS) is 2. The SMILES string of the molecule is CC(C)Nc1nc(C2NCCc3cc(Cl)ccc32)cs1.CCOC(=O)Cl.CCOC(=O)N1CCc2cc(Cl)ccc2C1C(=O)CBr.CCOC(=O)N1CCc2cc(Cl)ccc2C1C(=O)O.CCOC(=O)N1CCc2cc(Cl)ccc2C1C(C)=O.CCOC(=O)N1CCc2cc(Cl)ccc2C1c1csc(NC(C)C)n1.CCOC(=O)NCCc1cccc(Cl)c1.NCCc1cccc(Cl)c1.O=CC(=O)O. The molecule has 5 amide bonds. The van der Waals surface area contributed by atoms with Crippen molar-refractivity contribution >= 4 is 207 Å². The Morgan fingerprint density at radius 2 is 0.842 bits per heavy atom. The maximum Gasteiger partial charge on any atom is 0.410 e. The largest absolute Gasteiger partial charge is 0.479 e. The van der Waals surface area contributed by atoms with Crippen LogP contribution in [0.2, 0.25) is 35.2 Å². The summed E-state index contributed by atoms with van der Waals surface area (Å²) in [5.41, 5.74) is 18.9. The van der Waals surface area contributed by atoms with Crippen molar-refractivity contribution in [1.82, 2.24) is 40.2 Å². The molecule has 30 nitrogen and oxygen atoms in total. The molecule has 0 bridgehead atoms. The molecule has 41 heteroatoms. The molecule has 5 atom stereocenters. The van der Waals surface area contributed by atoms with Gasteiger partial charge in [0.1, 0.15) is 18.1 Å². The van der Waals surface area contributed by atoms with Gasteiger partial charge in [0, 0.05) is 109 Å². The molecule has 5 unspecified atom stereocenters. The Labute approximate surface area is 866 Å². The number of anilines is 2. The lowest BCUT2D eigenvalue weighted by Gasteiger charge is -2.35. The van der Waals surface area contributed by atoms with Crippen LogP contribution < -0.4 is 27.0 Å². The van der Waals surface area contributed by atoms with E-state index in [1.54, 1.807) is 92.5 Å².